The number of carbonyl (C=O) groups is 3. The van der Waals surface area contributed by atoms with Crippen LogP contribution in [-0.4, -0.2) is 56.5 Å². The molecule has 2 aromatic carbocycles. The van der Waals surface area contributed by atoms with Crippen LogP contribution in [0.4, 0.5) is 0 Å². The van der Waals surface area contributed by atoms with Crippen LogP contribution in [0.3, 0.4) is 0 Å². The van der Waals surface area contributed by atoms with Gasteiger partial charge in [0.2, 0.25) is 11.8 Å². The van der Waals surface area contributed by atoms with Crippen LogP contribution in [-0.2, 0) is 27.3 Å². The number of hydrogen-bond donors (Lipinski definition) is 3. The first kappa shape index (κ1) is 27.2. The van der Waals surface area contributed by atoms with Crippen molar-refractivity contribution in [3.05, 3.63) is 71.3 Å². The van der Waals surface area contributed by atoms with Gasteiger partial charge in [-0.3, -0.25) is 14.4 Å². The average Bonchev–Trinajstić information content (AvgIpc) is 3.16. The third-order valence-corrected chi connectivity index (χ3v) is 8.90. The summed E-state index contributed by atoms with van der Waals surface area (Å²) in [5.41, 5.74) is 3.01. The van der Waals surface area contributed by atoms with Crippen molar-refractivity contribution < 1.29 is 19.5 Å². The summed E-state index contributed by atoms with van der Waals surface area (Å²) < 4.78 is -0.532. The summed E-state index contributed by atoms with van der Waals surface area (Å²) >= 11 is 1.51. The van der Waals surface area contributed by atoms with Gasteiger partial charge in [-0.1, -0.05) is 61.0 Å². The highest BCUT2D eigenvalue weighted by molar-refractivity contribution is 8.00. The van der Waals surface area contributed by atoms with Crippen LogP contribution in [0.25, 0.3) is 0 Å². The molecule has 3 atom stereocenters. The van der Waals surface area contributed by atoms with Gasteiger partial charge in [0.1, 0.15) is 6.04 Å². The molecular weight excluding hydrogens is 486 g/mol. The first-order valence-corrected chi connectivity index (χ1v) is 13.9. The Morgan fingerprint density at radius 3 is 2.38 bits per heavy atom. The first-order valence-electron chi connectivity index (χ1n) is 13.0. The number of hydrogen-bond acceptors (Lipinski definition) is 5. The Kier molecular flexibility index (Phi) is 8.60. The largest absolute Gasteiger partial charge is 0.381 e. The lowest BCUT2D eigenvalue weighted by atomic mass is 9.84. The summed E-state index contributed by atoms with van der Waals surface area (Å²) in [6.45, 7) is 6.24. The van der Waals surface area contributed by atoms with E-state index in [0.29, 0.717) is 18.8 Å². The first-order chi connectivity index (χ1) is 17.7. The van der Waals surface area contributed by atoms with E-state index in [2.05, 4.69) is 10.6 Å². The van der Waals surface area contributed by atoms with Gasteiger partial charge in [-0.05, 0) is 56.7 Å². The lowest BCUT2D eigenvalue weighted by Gasteiger charge is -2.34. The smallest absolute Gasteiger partial charge is 0.254 e. The molecule has 2 fully saturated rings. The van der Waals surface area contributed by atoms with Gasteiger partial charge >= 0.3 is 0 Å². The summed E-state index contributed by atoms with van der Waals surface area (Å²) in [6, 6.07) is 15.8. The van der Waals surface area contributed by atoms with E-state index in [9.17, 15) is 19.5 Å². The number of amides is 3. The van der Waals surface area contributed by atoms with E-state index in [-0.39, 0.29) is 17.7 Å². The van der Waals surface area contributed by atoms with Crippen LogP contribution in [0, 0.1) is 12.8 Å². The van der Waals surface area contributed by atoms with Crippen LogP contribution in [0.15, 0.2) is 54.6 Å². The molecule has 1 heterocycles. The van der Waals surface area contributed by atoms with Crippen molar-refractivity contribution in [2.45, 2.75) is 75.9 Å². The Morgan fingerprint density at radius 2 is 1.73 bits per heavy atom. The highest BCUT2D eigenvalue weighted by Gasteiger charge is 2.49. The van der Waals surface area contributed by atoms with E-state index in [1.807, 2.05) is 75.4 Å². The number of thioether (sulfide) groups is 1. The number of carbonyl (C=O) groups excluding carboxylic acids is 3. The van der Waals surface area contributed by atoms with Crippen molar-refractivity contribution in [2.75, 3.05) is 5.88 Å². The maximum absolute atomic E-state index is 13.7. The molecule has 3 amide bonds. The zero-order valence-corrected chi connectivity index (χ0v) is 22.6. The van der Waals surface area contributed by atoms with Gasteiger partial charge in [0.15, 0.2) is 6.10 Å². The fourth-order valence-corrected chi connectivity index (χ4v) is 6.06. The lowest BCUT2D eigenvalue weighted by Crippen LogP contribution is -2.59. The van der Waals surface area contributed by atoms with Crippen molar-refractivity contribution in [3.63, 3.8) is 0 Å². The van der Waals surface area contributed by atoms with Crippen LogP contribution < -0.4 is 10.6 Å². The molecule has 0 bridgehead atoms. The second-order valence-electron chi connectivity index (χ2n) is 10.6. The second kappa shape index (κ2) is 11.7. The molecule has 7 nitrogen and oxygen atoms in total. The molecule has 0 radical (unpaired) electrons. The molecule has 1 saturated heterocycles. The Balaban J connectivity index is 1.50. The van der Waals surface area contributed by atoms with E-state index >= 15 is 0 Å². The maximum atomic E-state index is 13.7. The maximum Gasteiger partial charge on any atom is 0.254 e. The Hall–Kier alpha value is -2.84. The minimum absolute atomic E-state index is 0.0678. The predicted molar refractivity (Wildman–Crippen MR) is 146 cm³/mol. The Bertz CT molecular complexity index is 1120. The number of aliphatic hydroxyl groups is 1. The summed E-state index contributed by atoms with van der Waals surface area (Å²) in [7, 11) is 0. The van der Waals surface area contributed by atoms with Crippen LogP contribution in [0.1, 0.15) is 49.8 Å². The molecule has 37 heavy (non-hydrogen) atoms. The van der Waals surface area contributed by atoms with Crippen molar-refractivity contribution in [3.8, 4) is 0 Å². The minimum atomic E-state index is -1.47. The Morgan fingerprint density at radius 1 is 1.05 bits per heavy atom. The summed E-state index contributed by atoms with van der Waals surface area (Å²) in [5, 5.41) is 17.2. The molecule has 0 aromatic heterocycles. The highest BCUT2D eigenvalue weighted by Crippen LogP contribution is 2.40. The van der Waals surface area contributed by atoms with Gasteiger partial charge < -0.3 is 20.6 Å². The van der Waals surface area contributed by atoms with E-state index in [1.54, 1.807) is 0 Å². The quantitative estimate of drug-likeness (QED) is 0.469. The Labute approximate surface area is 223 Å². The molecule has 1 aliphatic heterocycles. The third-order valence-electron chi connectivity index (χ3n) is 7.53. The summed E-state index contributed by atoms with van der Waals surface area (Å²) in [6.07, 6.45) is 1.52. The zero-order chi connectivity index (χ0) is 26.6. The lowest BCUT2D eigenvalue weighted by molar-refractivity contribution is -0.148. The second-order valence-corrected chi connectivity index (χ2v) is 12.2. The number of aryl methyl sites for hydroxylation is 1. The van der Waals surface area contributed by atoms with Gasteiger partial charge in [0, 0.05) is 17.2 Å². The van der Waals surface area contributed by atoms with Gasteiger partial charge in [-0.2, -0.15) is 0 Å². The van der Waals surface area contributed by atoms with E-state index < -0.39 is 28.8 Å². The van der Waals surface area contributed by atoms with Gasteiger partial charge in [-0.25, -0.2) is 0 Å². The highest BCUT2D eigenvalue weighted by atomic mass is 32.2. The normalized spacial score (nSPS) is 20.5. The van der Waals surface area contributed by atoms with Gasteiger partial charge in [0.25, 0.3) is 5.91 Å². The summed E-state index contributed by atoms with van der Waals surface area (Å²) in [4.78, 5) is 41.3. The molecule has 198 valence electrons. The van der Waals surface area contributed by atoms with E-state index in [1.165, 1.54) is 16.7 Å². The van der Waals surface area contributed by atoms with E-state index in [0.717, 1.165) is 36.0 Å². The standard InChI is InChI=1S/C29H37N3O4S/c1-19-10-7-8-13-22(19)17-30-27(35)25-29(2,3)37-18-32(25)28(36)24(33)23(16-20-11-5-4-6-12-20)31-26(34)21-14-9-15-21/h4-8,10-13,21,23-25,33H,9,14-18H2,1-3H3,(H,30,35)(H,31,34)/t23?,24-,25?/m0/s1. The van der Waals surface area contributed by atoms with Crippen LogP contribution in [0.2, 0.25) is 0 Å². The summed E-state index contributed by atoms with van der Waals surface area (Å²) in [5.74, 6) is -0.689. The molecular formula is C29H37N3O4S. The molecule has 4 rings (SSSR count). The third kappa shape index (κ3) is 6.36. The number of benzene rings is 2. The van der Waals surface area contributed by atoms with Gasteiger partial charge in [0.05, 0.1) is 11.9 Å². The monoisotopic (exact) mass is 523 g/mol. The molecule has 2 aromatic rings. The average molecular weight is 524 g/mol. The minimum Gasteiger partial charge on any atom is -0.381 e. The number of nitrogens with zero attached hydrogens (tertiary/aromatic N) is 1. The van der Waals surface area contributed by atoms with Crippen LogP contribution >= 0.6 is 11.8 Å². The molecule has 8 heteroatoms. The van der Waals surface area contributed by atoms with Crippen molar-refractivity contribution in [1.29, 1.82) is 0 Å². The van der Waals surface area contributed by atoms with Crippen LogP contribution in [0.5, 0.6) is 0 Å². The SMILES string of the molecule is Cc1ccccc1CNC(=O)C1N(C(=O)[C@@H](O)C(Cc2ccccc2)NC(=O)C2CCC2)CSC1(C)C. The molecule has 2 unspecified atom stereocenters. The predicted octanol–water partition coefficient (Wildman–Crippen LogP) is 3.18. The fraction of sp³-hybridized carbons (Fsp3) is 0.483. The van der Waals surface area contributed by atoms with Gasteiger partial charge in [-0.15, -0.1) is 11.8 Å². The van der Waals surface area contributed by atoms with Crippen molar-refractivity contribution >= 4 is 29.5 Å². The topological polar surface area (TPSA) is 98.7 Å². The number of nitrogens with one attached hydrogen (secondary N) is 2. The molecule has 1 aliphatic carbocycles. The zero-order valence-electron chi connectivity index (χ0n) is 21.8. The van der Waals surface area contributed by atoms with Crippen molar-refractivity contribution in [1.82, 2.24) is 15.5 Å². The fourth-order valence-electron chi connectivity index (χ4n) is 4.92. The molecule has 0 spiro atoms. The molecule has 3 N–H and O–H groups in total. The van der Waals surface area contributed by atoms with Crippen molar-refractivity contribution in [2.24, 2.45) is 5.92 Å². The number of rotatable bonds is 9. The van der Waals surface area contributed by atoms with E-state index in [4.69, 9.17) is 0 Å². The molecule has 1 saturated carbocycles. The molecule has 2 aliphatic rings. The number of aliphatic hydroxyl groups excluding tert-OH is 1.